The van der Waals surface area contributed by atoms with Gasteiger partial charge < -0.3 is 24.8 Å². The Hall–Kier alpha value is -1.40. The minimum absolute atomic E-state index is 0. The van der Waals surface area contributed by atoms with E-state index in [9.17, 15) is 0 Å². The van der Waals surface area contributed by atoms with Crippen molar-refractivity contribution in [2.75, 3.05) is 0 Å². The van der Waals surface area contributed by atoms with Crippen LogP contribution in [0.4, 0.5) is 0 Å². The normalized spacial score (nSPS) is 9.80. The Kier molecular flexibility index (Phi) is 13.2. The van der Waals surface area contributed by atoms with Crippen LogP contribution in [0.3, 0.4) is 0 Å². The van der Waals surface area contributed by atoms with Crippen molar-refractivity contribution in [2.24, 2.45) is 0 Å². The van der Waals surface area contributed by atoms with E-state index in [4.69, 9.17) is 0 Å². The predicted octanol–water partition coefficient (Wildman–Crippen LogP) is 1.12. The van der Waals surface area contributed by atoms with E-state index >= 15 is 0 Å². The molecule has 30 heavy (non-hydrogen) atoms. The second-order valence-electron chi connectivity index (χ2n) is 7.29. The fourth-order valence-electron chi connectivity index (χ4n) is 3.08. The Morgan fingerprint density at radius 2 is 1.60 bits per heavy atom. The van der Waals surface area contributed by atoms with Gasteiger partial charge in [-0.2, -0.15) is 41.5 Å². The molecule has 0 unspecified atom stereocenters. The summed E-state index contributed by atoms with van der Waals surface area (Å²) in [4.78, 5) is 0. The van der Waals surface area contributed by atoms with E-state index in [0.717, 1.165) is 12.0 Å². The summed E-state index contributed by atoms with van der Waals surface area (Å²) in [5, 5.41) is 0. The molecule has 0 amide bonds. The van der Waals surface area contributed by atoms with Gasteiger partial charge in [-0.15, -0.1) is 23.8 Å². The summed E-state index contributed by atoms with van der Waals surface area (Å²) < 4.78 is 1.51. The fourth-order valence-corrected chi connectivity index (χ4v) is 3.08. The predicted molar refractivity (Wildman–Crippen MR) is 122 cm³/mol. The van der Waals surface area contributed by atoms with Gasteiger partial charge in [-0.3, -0.25) is 0 Å². The smallest absolute Gasteiger partial charge is 0.0635 e. The van der Waals surface area contributed by atoms with E-state index in [1.807, 2.05) is 18.2 Å². The molecule has 0 heterocycles. The zero-order valence-corrected chi connectivity index (χ0v) is 22.1. The van der Waals surface area contributed by atoms with Crippen molar-refractivity contribution in [1.29, 1.82) is 0 Å². The van der Waals surface area contributed by atoms with Crippen LogP contribution >= 0.6 is 0 Å². The first-order valence-electron chi connectivity index (χ1n) is 9.48. The van der Waals surface area contributed by atoms with Crippen molar-refractivity contribution in [1.82, 2.24) is 0 Å². The fraction of sp³-hybridized carbons (Fsp3) is 0.185. The molecule has 156 valence electrons. The van der Waals surface area contributed by atoms with Crippen molar-refractivity contribution >= 4 is 15.4 Å². The number of benzene rings is 2. The van der Waals surface area contributed by atoms with E-state index in [2.05, 4.69) is 89.4 Å². The van der Waals surface area contributed by atoms with Gasteiger partial charge in [0, 0.05) is 0 Å². The molecule has 1 aliphatic carbocycles. The third-order valence-electron chi connectivity index (χ3n) is 4.38. The minimum Gasteiger partial charge on any atom is -1.00 e. The average Bonchev–Trinajstić information content (AvgIpc) is 3.22. The van der Waals surface area contributed by atoms with Crippen LogP contribution in [0, 0.1) is 19.9 Å². The molecule has 0 N–H and O–H groups in total. The van der Waals surface area contributed by atoms with Crippen molar-refractivity contribution in [2.45, 2.75) is 34.1 Å². The van der Waals surface area contributed by atoms with E-state index in [-0.39, 0.29) is 24.8 Å². The van der Waals surface area contributed by atoms with Crippen LogP contribution in [0.15, 0.2) is 61.7 Å². The molecule has 0 fully saturated rings. The first kappa shape index (κ1) is 28.6. The summed E-state index contributed by atoms with van der Waals surface area (Å²) in [5.74, 6) is 0. The van der Waals surface area contributed by atoms with Crippen molar-refractivity contribution < 1.29 is 49.0 Å². The van der Waals surface area contributed by atoms with Gasteiger partial charge in [-0.1, -0.05) is 55.8 Å². The largest absolute Gasteiger partial charge is 1.00 e. The van der Waals surface area contributed by atoms with Crippen molar-refractivity contribution in [3.63, 3.8) is 0 Å². The monoisotopic (exact) mass is 512 g/mol. The molecule has 3 heteroatoms. The van der Waals surface area contributed by atoms with E-state index in [1.165, 1.54) is 42.2 Å². The summed E-state index contributed by atoms with van der Waals surface area (Å²) in [6.07, 6.45) is 4.74. The summed E-state index contributed by atoms with van der Waals surface area (Å²) >= 11 is 1.55. The van der Waals surface area contributed by atoms with Gasteiger partial charge in [0.15, 0.2) is 0 Å². The van der Waals surface area contributed by atoms with Crippen LogP contribution in [-0.2, 0) is 30.7 Å². The van der Waals surface area contributed by atoms with Crippen LogP contribution in [0.1, 0.15) is 47.2 Å². The summed E-state index contributed by atoms with van der Waals surface area (Å²) in [5.41, 5.74) is 10.3. The number of halogens is 2. The molecular weight excluding hydrogens is 486 g/mol. The van der Waals surface area contributed by atoms with Gasteiger partial charge >= 0.3 is 41.3 Å². The second-order valence-corrected chi connectivity index (χ2v) is 9.75. The molecule has 3 aromatic rings. The van der Waals surface area contributed by atoms with Crippen LogP contribution < -0.4 is 24.8 Å². The maximum atomic E-state index is 3.82. The Bertz CT molecular complexity index is 920. The SMILES string of the molecule is C=Cc1c[c-]c2c(c1)-c1cc(C=C)ccc1C2.C[C](C)=[Zr+2].Cc1c[cH-]c(C)c1.[Cl-].[Cl-]. The molecule has 0 radical (unpaired) electrons. The molecule has 0 spiro atoms. The number of rotatable bonds is 2. The quantitative estimate of drug-likeness (QED) is 0.352. The van der Waals surface area contributed by atoms with Crippen LogP contribution in [0.25, 0.3) is 23.3 Å². The molecule has 0 saturated heterocycles. The third kappa shape index (κ3) is 8.39. The summed E-state index contributed by atoms with van der Waals surface area (Å²) in [6.45, 7) is 16.1. The van der Waals surface area contributed by atoms with Crippen LogP contribution in [0.2, 0.25) is 0 Å². The van der Waals surface area contributed by atoms with Crippen LogP contribution in [0.5, 0.6) is 0 Å². The zero-order valence-electron chi connectivity index (χ0n) is 18.2. The standard InChI is InChI=1S/C17H13.C7H9.C3H6.2ClH.Zr/c1-3-12-5-7-14-11-15-8-6-13(4-2)10-17(15)16(14)9-12;1-6-3-4-7(2)5-6;1-3-2;;;/h3-7,9-10H,1-2,11H2;3-5H,1-2H3;1-2H3;2*1H;/q2*-1;;;;+2/p-2. The molecule has 0 saturated carbocycles. The van der Waals surface area contributed by atoms with Gasteiger partial charge in [0.25, 0.3) is 0 Å². The summed E-state index contributed by atoms with van der Waals surface area (Å²) in [7, 11) is 0. The number of hydrogen-bond donors (Lipinski definition) is 0. The second kappa shape index (κ2) is 13.8. The Labute approximate surface area is 209 Å². The maximum absolute atomic E-state index is 3.82. The Morgan fingerprint density at radius 1 is 1.00 bits per heavy atom. The molecule has 0 bridgehead atoms. The molecule has 0 aromatic heterocycles. The molecule has 4 rings (SSSR count). The molecule has 0 aliphatic heterocycles. The van der Waals surface area contributed by atoms with Crippen LogP contribution in [-0.4, -0.2) is 3.21 Å². The molecule has 3 aromatic carbocycles. The average molecular weight is 515 g/mol. The van der Waals surface area contributed by atoms with E-state index in [1.54, 1.807) is 24.2 Å². The third-order valence-corrected chi connectivity index (χ3v) is 4.38. The zero-order chi connectivity index (χ0) is 20.7. The van der Waals surface area contributed by atoms with Crippen molar-refractivity contribution in [3.05, 3.63) is 101 Å². The van der Waals surface area contributed by atoms with Gasteiger partial charge in [-0.05, 0) is 12.0 Å². The minimum atomic E-state index is 0. The van der Waals surface area contributed by atoms with Gasteiger partial charge in [0.1, 0.15) is 0 Å². The van der Waals surface area contributed by atoms with Gasteiger partial charge in [0.2, 0.25) is 0 Å². The Morgan fingerprint density at radius 3 is 2.07 bits per heavy atom. The molecular formula is C27H28Cl2Zr-2. The van der Waals surface area contributed by atoms with Gasteiger partial charge in [-0.25, -0.2) is 11.6 Å². The van der Waals surface area contributed by atoms with Crippen molar-refractivity contribution in [3.8, 4) is 11.1 Å². The number of aryl methyl sites for hydroxylation is 2. The number of hydrogen-bond acceptors (Lipinski definition) is 0. The maximum Gasteiger partial charge on any atom is -0.0635 e. The summed E-state index contributed by atoms with van der Waals surface area (Å²) in [6, 6.07) is 20.5. The molecule has 0 nitrogen and oxygen atoms in total. The number of fused-ring (bicyclic) bond motifs is 3. The van der Waals surface area contributed by atoms with E-state index in [0.29, 0.717) is 0 Å². The van der Waals surface area contributed by atoms with E-state index < -0.39 is 0 Å². The molecule has 1 aliphatic rings. The first-order chi connectivity index (χ1) is 13.3. The first-order valence-corrected chi connectivity index (χ1v) is 10.7. The topological polar surface area (TPSA) is 0 Å². The van der Waals surface area contributed by atoms with Gasteiger partial charge in [0.05, 0.1) is 0 Å². The Balaban J connectivity index is 0.000000546. The molecule has 0 atom stereocenters.